The molecule has 0 atom stereocenters. The Morgan fingerprint density at radius 3 is 1.33 bits per heavy atom. The van der Waals surface area contributed by atoms with Crippen molar-refractivity contribution >= 4 is 11.8 Å². The van der Waals surface area contributed by atoms with Gasteiger partial charge in [-0.3, -0.25) is 15.0 Å². The van der Waals surface area contributed by atoms with Crippen molar-refractivity contribution in [2.45, 2.75) is 6.92 Å². The minimum atomic E-state index is 1.10. The highest BCUT2D eigenvalue weighted by Gasteiger charge is 2.11. The van der Waals surface area contributed by atoms with Gasteiger partial charge in [-0.25, -0.2) is 0 Å². The number of hydrogen-bond donors (Lipinski definition) is 0. The minimum Gasteiger partial charge on any atom is -0.296 e. The number of aromatic nitrogens is 2. The van der Waals surface area contributed by atoms with Gasteiger partial charge in [0.05, 0.1) is 0 Å². The molecule has 0 N–H and O–H groups in total. The van der Waals surface area contributed by atoms with Crippen molar-refractivity contribution in [2.75, 3.05) is 7.05 Å². The Morgan fingerprint density at radius 2 is 0.905 bits per heavy atom. The zero-order valence-corrected chi connectivity index (χ0v) is 23.8. The zero-order chi connectivity index (χ0) is 28.7. The number of pyridine rings is 2. The van der Waals surface area contributed by atoms with E-state index in [1.165, 1.54) is 0 Å². The molecule has 3 nitrogen and oxygen atoms in total. The molecule has 0 fully saturated rings. The molecule has 0 spiro atoms. The number of nitrogens with zero attached hydrogens (tertiary/aromatic N) is 3. The molecule has 4 aromatic carbocycles. The number of rotatable bonds is 7. The van der Waals surface area contributed by atoms with Gasteiger partial charge in [-0.15, -0.1) is 0 Å². The van der Waals surface area contributed by atoms with E-state index in [1.54, 1.807) is 0 Å². The Kier molecular flexibility index (Phi) is 7.91. The highest BCUT2D eigenvalue weighted by atomic mass is 14.6. The lowest BCUT2D eigenvalue weighted by Gasteiger charge is -2.14. The van der Waals surface area contributed by atoms with Crippen molar-refractivity contribution in [1.82, 2.24) is 9.97 Å². The summed E-state index contributed by atoms with van der Waals surface area (Å²) in [5, 5.41) is 0. The largest absolute Gasteiger partial charge is 0.296 e. The van der Waals surface area contributed by atoms with E-state index in [9.17, 15) is 0 Å². The first-order chi connectivity index (χ1) is 20.7. The van der Waals surface area contributed by atoms with Gasteiger partial charge in [-0.05, 0) is 111 Å². The van der Waals surface area contributed by atoms with Gasteiger partial charge in [0.25, 0.3) is 0 Å². The molecular weight excluding hydrogens is 510 g/mol. The van der Waals surface area contributed by atoms with Crippen LogP contribution >= 0.6 is 0 Å². The molecule has 0 amide bonds. The fourth-order valence-electron chi connectivity index (χ4n) is 5.28. The first-order valence-electron chi connectivity index (χ1n) is 14.1. The van der Waals surface area contributed by atoms with Crippen molar-refractivity contribution in [2.24, 2.45) is 4.99 Å². The lowest BCUT2D eigenvalue weighted by Crippen LogP contribution is -1.90. The summed E-state index contributed by atoms with van der Waals surface area (Å²) in [6.45, 7) is 2.05. The monoisotopic (exact) mass is 541 g/mol. The van der Waals surface area contributed by atoms with Gasteiger partial charge in [0.15, 0.2) is 0 Å². The second kappa shape index (κ2) is 12.4. The van der Waals surface area contributed by atoms with Crippen LogP contribution < -0.4 is 0 Å². The van der Waals surface area contributed by atoms with E-state index in [0.717, 1.165) is 66.8 Å². The van der Waals surface area contributed by atoms with E-state index < -0.39 is 0 Å². The maximum Gasteiger partial charge on any atom is 0.0346 e. The number of hydrogen-bond acceptors (Lipinski definition) is 3. The summed E-state index contributed by atoms with van der Waals surface area (Å²) >= 11 is 0. The first-order valence-corrected chi connectivity index (χ1v) is 14.1. The number of aliphatic imine (C=N–C) groups is 1. The average Bonchev–Trinajstić information content (AvgIpc) is 3.08. The smallest absolute Gasteiger partial charge is 0.0346 e. The third-order valence-electron chi connectivity index (χ3n) is 7.42. The molecular formula is C39H31N3. The Balaban J connectivity index is 1.51. The van der Waals surface area contributed by atoms with E-state index in [-0.39, 0.29) is 0 Å². The summed E-state index contributed by atoms with van der Waals surface area (Å²) in [7, 11) is 1.81. The maximum absolute atomic E-state index is 4.33. The van der Waals surface area contributed by atoms with Crippen LogP contribution in [0.2, 0.25) is 0 Å². The van der Waals surface area contributed by atoms with Crippen LogP contribution in [0, 0.1) is 0 Å². The molecule has 0 saturated heterocycles. The zero-order valence-electron chi connectivity index (χ0n) is 23.8. The van der Waals surface area contributed by atoms with Gasteiger partial charge in [-0.1, -0.05) is 72.8 Å². The highest BCUT2D eigenvalue weighted by Crippen LogP contribution is 2.36. The van der Waals surface area contributed by atoms with Crippen molar-refractivity contribution in [1.29, 1.82) is 0 Å². The van der Waals surface area contributed by atoms with Crippen LogP contribution in [0.3, 0.4) is 0 Å². The molecule has 0 aliphatic rings. The SMILES string of the molecule is C/C=C(\C=NC)c1cccc(-c2cc(-c3cccc(-c4cccnc4)c3)cc(-c3cccc(-c4cccnc4)c3)c2)c1. The van der Waals surface area contributed by atoms with E-state index in [2.05, 4.69) is 124 Å². The molecule has 6 rings (SSSR count). The van der Waals surface area contributed by atoms with Crippen LogP contribution in [0.1, 0.15) is 12.5 Å². The van der Waals surface area contributed by atoms with Gasteiger partial charge in [-0.2, -0.15) is 0 Å². The highest BCUT2D eigenvalue weighted by molar-refractivity contribution is 6.10. The molecule has 0 saturated carbocycles. The second-order valence-electron chi connectivity index (χ2n) is 10.2. The first kappa shape index (κ1) is 26.8. The molecule has 0 unspecified atom stereocenters. The molecule has 3 heteroatoms. The Bertz CT molecular complexity index is 1790. The lowest BCUT2D eigenvalue weighted by atomic mass is 9.90. The number of benzene rings is 4. The second-order valence-corrected chi connectivity index (χ2v) is 10.2. The maximum atomic E-state index is 4.33. The molecule has 2 aromatic heterocycles. The van der Waals surface area contributed by atoms with E-state index >= 15 is 0 Å². The van der Waals surface area contributed by atoms with Gasteiger partial charge in [0, 0.05) is 49.2 Å². The van der Waals surface area contributed by atoms with Crippen molar-refractivity contribution in [3.63, 3.8) is 0 Å². The van der Waals surface area contributed by atoms with Gasteiger partial charge < -0.3 is 0 Å². The van der Waals surface area contributed by atoms with Crippen molar-refractivity contribution in [3.8, 4) is 55.6 Å². The van der Waals surface area contributed by atoms with Gasteiger partial charge in [0.2, 0.25) is 0 Å². The van der Waals surface area contributed by atoms with Crippen LogP contribution in [0.5, 0.6) is 0 Å². The van der Waals surface area contributed by atoms with E-state index in [1.807, 2.05) is 57.1 Å². The van der Waals surface area contributed by atoms with Gasteiger partial charge in [0.1, 0.15) is 0 Å². The molecule has 0 radical (unpaired) electrons. The predicted molar refractivity (Wildman–Crippen MR) is 177 cm³/mol. The van der Waals surface area contributed by atoms with E-state index in [0.29, 0.717) is 0 Å². The van der Waals surface area contributed by atoms with Crippen LogP contribution in [0.25, 0.3) is 61.2 Å². The summed E-state index contributed by atoms with van der Waals surface area (Å²) in [4.78, 5) is 12.9. The minimum absolute atomic E-state index is 1.10. The molecule has 0 bridgehead atoms. The molecule has 2 heterocycles. The van der Waals surface area contributed by atoms with Gasteiger partial charge >= 0.3 is 0 Å². The third kappa shape index (κ3) is 5.86. The number of allylic oxidation sites excluding steroid dienone is 2. The van der Waals surface area contributed by atoms with E-state index in [4.69, 9.17) is 0 Å². The standard InChI is InChI=1S/C39H31N3/c1-3-28(25-40-2)29-9-4-12-32(19-29)37-22-38(33-13-5-10-30(20-33)35-15-7-17-41-26-35)24-39(23-37)34-14-6-11-31(21-34)36-16-8-18-42-27-36/h3-27H,1-2H3/b28-3+,40-25?. The Hall–Kier alpha value is -5.41. The fourth-order valence-corrected chi connectivity index (χ4v) is 5.28. The Labute approximate surface area is 247 Å². The molecule has 202 valence electrons. The van der Waals surface area contributed by atoms with Crippen molar-refractivity contribution < 1.29 is 0 Å². The average molecular weight is 542 g/mol. The summed E-state index contributed by atoms with van der Waals surface area (Å²) in [5.41, 5.74) is 13.7. The molecule has 0 aliphatic carbocycles. The third-order valence-corrected chi connectivity index (χ3v) is 7.42. The molecule has 6 aromatic rings. The summed E-state index contributed by atoms with van der Waals surface area (Å²) in [5.74, 6) is 0. The fraction of sp³-hybridized carbons (Fsp3) is 0.0513. The van der Waals surface area contributed by atoms with Crippen LogP contribution in [-0.4, -0.2) is 23.2 Å². The summed E-state index contributed by atoms with van der Waals surface area (Å²) in [6, 6.07) is 41.1. The summed E-state index contributed by atoms with van der Waals surface area (Å²) < 4.78 is 0. The van der Waals surface area contributed by atoms with Crippen LogP contribution in [0.4, 0.5) is 0 Å². The Morgan fingerprint density at radius 1 is 0.500 bits per heavy atom. The predicted octanol–water partition coefficient (Wildman–Crippen LogP) is 9.92. The summed E-state index contributed by atoms with van der Waals surface area (Å²) in [6.07, 6.45) is 11.4. The van der Waals surface area contributed by atoms with Crippen LogP contribution in [-0.2, 0) is 0 Å². The van der Waals surface area contributed by atoms with Crippen molar-refractivity contribution in [3.05, 3.63) is 152 Å². The normalized spacial score (nSPS) is 11.6. The lowest BCUT2D eigenvalue weighted by molar-refractivity contribution is 1.33. The molecule has 42 heavy (non-hydrogen) atoms. The topological polar surface area (TPSA) is 38.1 Å². The van der Waals surface area contributed by atoms with Crippen LogP contribution in [0.15, 0.2) is 151 Å². The quantitative estimate of drug-likeness (QED) is 0.189. The molecule has 0 aliphatic heterocycles.